The molecule has 0 fully saturated rings. The van der Waals surface area contributed by atoms with Crippen LogP contribution in [0.3, 0.4) is 0 Å². The first-order chi connectivity index (χ1) is 13.8. The Bertz CT molecular complexity index is 1070. The second-order valence-corrected chi connectivity index (χ2v) is 7.60. The fraction of sp³-hybridized carbons (Fsp3) is 0.316. The minimum atomic E-state index is -0.573. The fourth-order valence-electron chi connectivity index (χ4n) is 3.02. The second kappa shape index (κ2) is 8.56. The van der Waals surface area contributed by atoms with Gasteiger partial charge in [-0.15, -0.1) is 0 Å². The van der Waals surface area contributed by atoms with Gasteiger partial charge in [0.1, 0.15) is 4.47 Å². The second-order valence-electron chi connectivity index (χ2n) is 6.75. The van der Waals surface area contributed by atoms with Gasteiger partial charge in [-0.2, -0.15) is 9.78 Å². The van der Waals surface area contributed by atoms with Crippen molar-refractivity contribution in [2.24, 2.45) is 0 Å². The standard InChI is InChI=1S/C19H21BrN6O3/c1-12-6-4-5-7-15(12)10-25-14(3)18(13(2)22-25)21-17(27)8-9-24-11-16(20)19(23-24)26(28)29/h4-7,11H,8-10H2,1-3H3,(H,21,27). The molecule has 0 aliphatic heterocycles. The zero-order valence-corrected chi connectivity index (χ0v) is 17.9. The third-order valence-electron chi connectivity index (χ3n) is 4.67. The van der Waals surface area contributed by atoms with Gasteiger partial charge in [0.05, 0.1) is 41.5 Å². The van der Waals surface area contributed by atoms with Crippen molar-refractivity contribution in [2.75, 3.05) is 5.32 Å². The number of nitrogens with one attached hydrogen (secondary N) is 1. The average Bonchev–Trinajstić information content (AvgIpc) is 3.17. The van der Waals surface area contributed by atoms with Gasteiger partial charge >= 0.3 is 5.82 Å². The smallest absolute Gasteiger partial charge is 0.358 e. The van der Waals surface area contributed by atoms with E-state index in [1.165, 1.54) is 22.0 Å². The molecular weight excluding hydrogens is 440 g/mol. The van der Waals surface area contributed by atoms with Crippen molar-refractivity contribution in [3.05, 3.63) is 67.6 Å². The maximum absolute atomic E-state index is 12.4. The lowest BCUT2D eigenvalue weighted by Gasteiger charge is -2.09. The predicted octanol–water partition coefficient (Wildman–Crippen LogP) is 3.75. The molecule has 0 spiro atoms. The van der Waals surface area contributed by atoms with E-state index in [9.17, 15) is 14.9 Å². The molecular formula is C19H21BrN6O3. The Morgan fingerprint density at radius 2 is 1.97 bits per heavy atom. The predicted molar refractivity (Wildman–Crippen MR) is 112 cm³/mol. The van der Waals surface area contributed by atoms with Crippen LogP contribution in [0, 0.1) is 30.9 Å². The summed E-state index contributed by atoms with van der Waals surface area (Å²) in [6.07, 6.45) is 1.62. The van der Waals surface area contributed by atoms with Crippen molar-refractivity contribution in [2.45, 2.75) is 40.3 Å². The Hall–Kier alpha value is -3.01. The van der Waals surface area contributed by atoms with E-state index in [1.807, 2.05) is 30.7 Å². The number of hydrogen-bond acceptors (Lipinski definition) is 5. The molecule has 0 aliphatic rings. The number of nitrogens with zero attached hydrogens (tertiary/aromatic N) is 5. The van der Waals surface area contributed by atoms with Gasteiger partial charge in [-0.05, 0) is 52.8 Å². The summed E-state index contributed by atoms with van der Waals surface area (Å²) in [6.45, 7) is 6.68. The molecule has 29 heavy (non-hydrogen) atoms. The van der Waals surface area contributed by atoms with E-state index >= 15 is 0 Å². The van der Waals surface area contributed by atoms with Crippen molar-refractivity contribution < 1.29 is 9.72 Å². The molecule has 2 aromatic heterocycles. The maximum Gasteiger partial charge on any atom is 0.404 e. The number of anilines is 1. The first kappa shape index (κ1) is 20.7. The highest BCUT2D eigenvalue weighted by Gasteiger charge is 2.20. The minimum Gasteiger partial charge on any atom is -0.358 e. The summed E-state index contributed by atoms with van der Waals surface area (Å²) in [7, 11) is 0. The van der Waals surface area contributed by atoms with Crippen molar-refractivity contribution in [3.8, 4) is 0 Å². The summed E-state index contributed by atoms with van der Waals surface area (Å²) in [4.78, 5) is 22.7. The molecule has 0 bridgehead atoms. The average molecular weight is 461 g/mol. The molecule has 9 nitrogen and oxygen atoms in total. The van der Waals surface area contributed by atoms with Crippen LogP contribution in [-0.4, -0.2) is 30.4 Å². The molecule has 1 N–H and O–H groups in total. The molecule has 10 heteroatoms. The third-order valence-corrected chi connectivity index (χ3v) is 5.23. The van der Waals surface area contributed by atoms with Crippen LogP contribution >= 0.6 is 15.9 Å². The molecule has 0 unspecified atom stereocenters. The molecule has 3 aromatic rings. The Labute approximate surface area is 176 Å². The van der Waals surface area contributed by atoms with Gasteiger partial charge in [-0.3, -0.25) is 9.48 Å². The highest BCUT2D eigenvalue weighted by molar-refractivity contribution is 9.10. The summed E-state index contributed by atoms with van der Waals surface area (Å²) in [6, 6.07) is 8.11. The van der Waals surface area contributed by atoms with Crippen LogP contribution in [0.25, 0.3) is 0 Å². The van der Waals surface area contributed by atoms with E-state index < -0.39 is 4.92 Å². The van der Waals surface area contributed by atoms with Crippen LogP contribution in [0.1, 0.15) is 28.9 Å². The van der Waals surface area contributed by atoms with E-state index in [2.05, 4.69) is 50.5 Å². The Balaban J connectivity index is 1.66. The number of rotatable bonds is 7. The number of carbonyl (C=O) groups excluding carboxylic acids is 1. The molecule has 1 aromatic carbocycles. The SMILES string of the molecule is Cc1ccccc1Cn1nc(C)c(NC(=O)CCn2cc(Br)c([N+](=O)[O-])n2)c1C. The summed E-state index contributed by atoms with van der Waals surface area (Å²) in [5.74, 6) is -0.476. The molecule has 0 saturated heterocycles. The van der Waals surface area contributed by atoms with E-state index in [0.717, 1.165) is 11.4 Å². The van der Waals surface area contributed by atoms with E-state index in [1.54, 1.807) is 0 Å². The van der Waals surface area contributed by atoms with Crippen LogP contribution in [0.2, 0.25) is 0 Å². The molecule has 3 rings (SSSR count). The summed E-state index contributed by atoms with van der Waals surface area (Å²) in [5.41, 5.74) is 4.65. The zero-order valence-electron chi connectivity index (χ0n) is 16.3. The lowest BCUT2D eigenvalue weighted by molar-refractivity contribution is -0.390. The van der Waals surface area contributed by atoms with E-state index in [-0.39, 0.29) is 29.2 Å². The normalized spacial score (nSPS) is 10.9. The van der Waals surface area contributed by atoms with Crippen LogP contribution in [0.15, 0.2) is 34.9 Å². The Kier molecular flexibility index (Phi) is 6.12. The number of amides is 1. The number of carbonyl (C=O) groups is 1. The van der Waals surface area contributed by atoms with Crippen molar-refractivity contribution in [3.63, 3.8) is 0 Å². The first-order valence-electron chi connectivity index (χ1n) is 9.02. The first-order valence-corrected chi connectivity index (χ1v) is 9.81. The largest absolute Gasteiger partial charge is 0.404 e. The van der Waals surface area contributed by atoms with Crippen LogP contribution in [0.5, 0.6) is 0 Å². The number of hydrogen-bond donors (Lipinski definition) is 1. The molecule has 0 aliphatic carbocycles. The Morgan fingerprint density at radius 1 is 1.24 bits per heavy atom. The van der Waals surface area contributed by atoms with Crippen LogP contribution in [-0.2, 0) is 17.9 Å². The van der Waals surface area contributed by atoms with E-state index in [4.69, 9.17) is 0 Å². The quantitative estimate of drug-likeness (QED) is 0.426. The lowest BCUT2D eigenvalue weighted by atomic mass is 10.1. The van der Waals surface area contributed by atoms with Crippen LogP contribution < -0.4 is 5.32 Å². The Morgan fingerprint density at radius 3 is 2.62 bits per heavy atom. The van der Waals surface area contributed by atoms with Crippen molar-refractivity contribution >= 4 is 33.3 Å². The number of aryl methyl sites for hydroxylation is 3. The van der Waals surface area contributed by atoms with E-state index in [0.29, 0.717) is 12.2 Å². The van der Waals surface area contributed by atoms with Crippen molar-refractivity contribution in [1.29, 1.82) is 0 Å². The fourth-order valence-corrected chi connectivity index (χ4v) is 3.48. The highest BCUT2D eigenvalue weighted by atomic mass is 79.9. The molecule has 2 heterocycles. The number of benzene rings is 1. The van der Waals surface area contributed by atoms with Crippen molar-refractivity contribution in [1.82, 2.24) is 19.6 Å². The molecule has 0 atom stereocenters. The number of nitro groups is 1. The van der Waals surface area contributed by atoms with Gasteiger partial charge < -0.3 is 15.4 Å². The summed E-state index contributed by atoms with van der Waals surface area (Å²) < 4.78 is 3.54. The molecule has 152 valence electrons. The maximum atomic E-state index is 12.4. The molecule has 0 radical (unpaired) electrons. The monoisotopic (exact) mass is 460 g/mol. The van der Waals surface area contributed by atoms with Gasteiger partial charge in [-0.25, -0.2) is 0 Å². The molecule has 1 amide bonds. The van der Waals surface area contributed by atoms with Gasteiger partial charge in [0, 0.05) is 6.42 Å². The molecule has 0 saturated carbocycles. The summed E-state index contributed by atoms with van der Waals surface area (Å²) in [5, 5.41) is 22.2. The van der Waals surface area contributed by atoms with Gasteiger partial charge in [0.2, 0.25) is 5.91 Å². The summed E-state index contributed by atoms with van der Waals surface area (Å²) >= 11 is 3.10. The minimum absolute atomic E-state index is 0.132. The third kappa shape index (κ3) is 4.70. The van der Waals surface area contributed by atoms with Gasteiger partial charge in [-0.1, -0.05) is 24.3 Å². The topological polar surface area (TPSA) is 108 Å². The lowest BCUT2D eigenvalue weighted by Crippen LogP contribution is -2.16. The zero-order chi connectivity index (χ0) is 21.1. The number of aromatic nitrogens is 4. The van der Waals surface area contributed by atoms with Gasteiger partial charge in [0.25, 0.3) is 0 Å². The van der Waals surface area contributed by atoms with Crippen LogP contribution in [0.4, 0.5) is 11.5 Å². The number of halogens is 1. The van der Waals surface area contributed by atoms with Gasteiger partial charge in [0.15, 0.2) is 0 Å². The highest BCUT2D eigenvalue weighted by Crippen LogP contribution is 2.23.